The van der Waals surface area contributed by atoms with Crippen LogP contribution in [0.25, 0.3) is 11.0 Å². The molecule has 2 heteroatoms. The van der Waals surface area contributed by atoms with E-state index in [9.17, 15) is 0 Å². The highest BCUT2D eigenvalue weighted by Crippen LogP contribution is 2.34. The molecule has 0 saturated heterocycles. The third-order valence-corrected chi connectivity index (χ3v) is 4.93. The van der Waals surface area contributed by atoms with Crippen molar-refractivity contribution in [3.63, 3.8) is 0 Å². The van der Waals surface area contributed by atoms with Crippen molar-refractivity contribution in [1.29, 1.82) is 0 Å². The molecular weight excluding hydrogens is 292 g/mol. The fraction of sp³-hybridized carbons (Fsp3) is 0.364. The molecule has 2 nitrogen and oxygen atoms in total. The number of nitrogens with one attached hydrogen (secondary N) is 1. The van der Waals surface area contributed by atoms with E-state index >= 15 is 0 Å². The van der Waals surface area contributed by atoms with Crippen molar-refractivity contribution < 1.29 is 0 Å². The summed E-state index contributed by atoms with van der Waals surface area (Å²) in [4.78, 5) is 8.28. The fourth-order valence-electron chi connectivity index (χ4n) is 3.34. The SMILES string of the molecule is CCC(C)[C](Cc1nc2ccccc2[nH]1)c1ccccc1C(C)C. The van der Waals surface area contributed by atoms with Gasteiger partial charge in [-0.25, -0.2) is 4.98 Å². The Balaban J connectivity index is 1.98. The molecule has 0 spiro atoms. The normalized spacial score (nSPS) is 13.1. The van der Waals surface area contributed by atoms with Gasteiger partial charge in [-0.1, -0.05) is 70.5 Å². The van der Waals surface area contributed by atoms with E-state index in [1.807, 2.05) is 6.07 Å². The van der Waals surface area contributed by atoms with Crippen LogP contribution >= 0.6 is 0 Å². The number of nitrogens with zero attached hydrogens (tertiary/aromatic N) is 1. The summed E-state index contributed by atoms with van der Waals surface area (Å²) >= 11 is 0. The fourth-order valence-corrected chi connectivity index (χ4v) is 3.34. The molecule has 125 valence electrons. The van der Waals surface area contributed by atoms with Gasteiger partial charge < -0.3 is 4.98 Å². The Hall–Kier alpha value is -2.09. The molecule has 0 aliphatic rings. The molecule has 1 unspecified atom stereocenters. The second-order valence-electron chi connectivity index (χ2n) is 6.95. The van der Waals surface area contributed by atoms with E-state index in [1.165, 1.54) is 17.0 Å². The van der Waals surface area contributed by atoms with Crippen LogP contribution in [0.5, 0.6) is 0 Å². The molecule has 1 N–H and O–H groups in total. The Labute approximate surface area is 145 Å². The standard InChI is InChI=1S/C22H27N2/c1-5-16(4)19(18-11-7-6-10-17(18)15(2)3)14-22-23-20-12-8-9-13-21(20)24-22/h6-13,15-16H,5,14H2,1-4H3,(H,23,24). The highest BCUT2D eigenvalue weighted by atomic mass is 14.9. The maximum absolute atomic E-state index is 4.79. The summed E-state index contributed by atoms with van der Waals surface area (Å²) in [6.07, 6.45) is 2.02. The molecular formula is C22H27N2. The predicted octanol–water partition coefficient (Wildman–Crippen LogP) is 5.90. The van der Waals surface area contributed by atoms with Gasteiger partial charge in [0, 0.05) is 12.3 Å². The smallest absolute Gasteiger partial charge is 0.108 e. The van der Waals surface area contributed by atoms with Crippen molar-refractivity contribution in [1.82, 2.24) is 9.97 Å². The lowest BCUT2D eigenvalue weighted by molar-refractivity contribution is 0.566. The number of imidazole rings is 1. The first-order valence-corrected chi connectivity index (χ1v) is 8.98. The quantitative estimate of drug-likeness (QED) is 0.602. The van der Waals surface area contributed by atoms with Gasteiger partial charge in [-0.15, -0.1) is 0 Å². The Morgan fingerprint density at radius 1 is 1.00 bits per heavy atom. The summed E-state index contributed by atoms with van der Waals surface area (Å²) in [5, 5.41) is 0. The van der Waals surface area contributed by atoms with Crippen LogP contribution in [-0.2, 0) is 6.42 Å². The number of hydrogen-bond donors (Lipinski definition) is 1. The molecule has 0 amide bonds. The lowest BCUT2D eigenvalue weighted by Crippen LogP contribution is -2.16. The summed E-state index contributed by atoms with van der Waals surface area (Å²) in [5.41, 5.74) is 5.01. The second kappa shape index (κ2) is 7.21. The first-order chi connectivity index (χ1) is 11.6. The van der Waals surface area contributed by atoms with Gasteiger partial charge in [-0.3, -0.25) is 0 Å². The number of benzene rings is 2. The minimum absolute atomic E-state index is 0.524. The zero-order valence-electron chi connectivity index (χ0n) is 15.1. The summed E-state index contributed by atoms with van der Waals surface area (Å²) in [7, 11) is 0. The number of aromatic nitrogens is 2. The van der Waals surface area contributed by atoms with Crippen LogP contribution in [0, 0.1) is 11.8 Å². The molecule has 0 bridgehead atoms. The van der Waals surface area contributed by atoms with Crippen molar-refractivity contribution in [2.24, 2.45) is 5.92 Å². The summed E-state index contributed by atoms with van der Waals surface area (Å²) in [6.45, 7) is 9.14. The van der Waals surface area contributed by atoms with Gasteiger partial charge in [0.15, 0.2) is 0 Å². The molecule has 2 aromatic carbocycles. The summed E-state index contributed by atoms with van der Waals surface area (Å²) in [5.74, 6) is 3.61. The van der Waals surface area contributed by atoms with Crippen molar-refractivity contribution >= 4 is 11.0 Å². The largest absolute Gasteiger partial charge is 0.342 e. The first-order valence-electron chi connectivity index (χ1n) is 8.98. The molecule has 1 aromatic heterocycles. The van der Waals surface area contributed by atoms with Crippen molar-refractivity contribution in [2.75, 3.05) is 0 Å². The molecule has 0 saturated carbocycles. The van der Waals surface area contributed by atoms with Crippen molar-refractivity contribution in [3.05, 3.63) is 71.4 Å². The third kappa shape index (κ3) is 3.38. The number of para-hydroxylation sites is 2. The molecule has 1 atom stereocenters. The van der Waals surface area contributed by atoms with Crippen LogP contribution in [0.2, 0.25) is 0 Å². The maximum Gasteiger partial charge on any atom is 0.108 e. The Kier molecular flexibility index (Phi) is 5.03. The molecule has 3 aromatic rings. The highest BCUT2D eigenvalue weighted by Gasteiger charge is 2.24. The molecule has 0 fully saturated rings. The minimum atomic E-state index is 0.524. The van der Waals surface area contributed by atoms with Gasteiger partial charge in [-0.2, -0.15) is 0 Å². The average molecular weight is 319 g/mol. The van der Waals surface area contributed by atoms with E-state index in [4.69, 9.17) is 4.98 Å². The minimum Gasteiger partial charge on any atom is -0.342 e. The number of aromatic amines is 1. The second-order valence-corrected chi connectivity index (χ2v) is 6.95. The van der Waals surface area contributed by atoms with Gasteiger partial charge in [0.25, 0.3) is 0 Å². The van der Waals surface area contributed by atoms with Gasteiger partial charge in [0.05, 0.1) is 11.0 Å². The monoisotopic (exact) mass is 319 g/mol. The van der Waals surface area contributed by atoms with Gasteiger partial charge in [0.2, 0.25) is 0 Å². The Bertz CT molecular complexity index is 767. The molecule has 0 aliphatic heterocycles. The van der Waals surface area contributed by atoms with Gasteiger partial charge in [0.1, 0.15) is 5.82 Å². The molecule has 0 aliphatic carbocycles. The van der Waals surface area contributed by atoms with Crippen LogP contribution in [0.15, 0.2) is 48.5 Å². The number of fused-ring (bicyclic) bond motifs is 1. The van der Waals surface area contributed by atoms with Crippen molar-refractivity contribution in [2.45, 2.75) is 46.5 Å². The molecule has 3 rings (SSSR count). The van der Waals surface area contributed by atoms with E-state index < -0.39 is 0 Å². The topological polar surface area (TPSA) is 28.7 Å². The van der Waals surface area contributed by atoms with Crippen LogP contribution < -0.4 is 0 Å². The zero-order chi connectivity index (χ0) is 17.1. The third-order valence-electron chi connectivity index (χ3n) is 4.93. The summed E-state index contributed by atoms with van der Waals surface area (Å²) < 4.78 is 0. The Morgan fingerprint density at radius 2 is 1.71 bits per heavy atom. The Morgan fingerprint density at radius 3 is 2.42 bits per heavy atom. The van der Waals surface area contributed by atoms with E-state index in [0.29, 0.717) is 11.8 Å². The highest BCUT2D eigenvalue weighted by molar-refractivity contribution is 5.74. The average Bonchev–Trinajstić information content (AvgIpc) is 3.01. The van der Waals surface area contributed by atoms with Crippen LogP contribution in [0.1, 0.15) is 57.0 Å². The van der Waals surface area contributed by atoms with Gasteiger partial charge in [-0.05, 0) is 35.1 Å². The molecule has 1 radical (unpaired) electrons. The molecule has 1 heterocycles. The van der Waals surface area contributed by atoms with Crippen LogP contribution in [0.3, 0.4) is 0 Å². The number of hydrogen-bond acceptors (Lipinski definition) is 1. The maximum atomic E-state index is 4.79. The van der Waals surface area contributed by atoms with Crippen LogP contribution in [0.4, 0.5) is 0 Å². The molecule has 24 heavy (non-hydrogen) atoms. The van der Waals surface area contributed by atoms with Gasteiger partial charge >= 0.3 is 0 Å². The lowest BCUT2D eigenvalue weighted by atomic mass is 9.79. The summed E-state index contributed by atoms with van der Waals surface area (Å²) in [6, 6.07) is 17.1. The zero-order valence-corrected chi connectivity index (χ0v) is 15.1. The van der Waals surface area contributed by atoms with E-state index in [1.54, 1.807) is 0 Å². The van der Waals surface area contributed by atoms with Crippen LogP contribution in [-0.4, -0.2) is 9.97 Å². The van der Waals surface area contributed by atoms with Crippen molar-refractivity contribution in [3.8, 4) is 0 Å². The number of H-pyrrole nitrogens is 1. The lowest BCUT2D eigenvalue weighted by Gasteiger charge is -2.25. The predicted molar refractivity (Wildman–Crippen MR) is 102 cm³/mol. The number of rotatable bonds is 6. The van der Waals surface area contributed by atoms with E-state index in [-0.39, 0.29) is 0 Å². The van der Waals surface area contributed by atoms with E-state index in [0.717, 1.165) is 29.7 Å². The van der Waals surface area contributed by atoms with E-state index in [2.05, 4.69) is 75.1 Å². The first kappa shape index (κ1) is 16.8.